The number of carbonyl (C=O) groups is 1. The smallest absolute Gasteiger partial charge is 0.274 e. The number of hydrogen-bond acceptors (Lipinski definition) is 7. The van der Waals surface area contributed by atoms with Crippen molar-refractivity contribution in [1.82, 2.24) is 19.7 Å². The lowest BCUT2D eigenvalue weighted by Gasteiger charge is -2.26. The van der Waals surface area contributed by atoms with Crippen LogP contribution in [-0.4, -0.2) is 53.0 Å². The van der Waals surface area contributed by atoms with Gasteiger partial charge in [0.15, 0.2) is 0 Å². The van der Waals surface area contributed by atoms with Crippen LogP contribution in [0, 0.1) is 0 Å². The zero-order chi connectivity index (χ0) is 21.8. The van der Waals surface area contributed by atoms with Crippen molar-refractivity contribution in [1.29, 1.82) is 0 Å². The highest BCUT2D eigenvalue weighted by molar-refractivity contribution is 6.03. The average Bonchev–Trinajstić information content (AvgIpc) is 3.21. The van der Waals surface area contributed by atoms with Gasteiger partial charge in [-0.1, -0.05) is 0 Å². The highest BCUT2D eigenvalue weighted by Gasteiger charge is 2.18. The van der Waals surface area contributed by atoms with Crippen molar-refractivity contribution >= 4 is 17.5 Å². The molecule has 4 rings (SSSR count). The van der Waals surface area contributed by atoms with Gasteiger partial charge >= 0.3 is 0 Å². The van der Waals surface area contributed by atoms with Gasteiger partial charge in [0.1, 0.15) is 17.2 Å². The van der Waals surface area contributed by atoms with E-state index in [0.29, 0.717) is 34.5 Å². The Hall–Kier alpha value is -3.62. The number of aromatic nitrogens is 4. The Morgan fingerprint density at radius 2 is 1.77 bits per heavy atom. The minimum Gasteiger partial charge on any atom is -0.497 e. The number of piperidine rings is 1. The number of benzene rings is 1. The van der Waals surface area contributed by atoms with Gasteiger partial charge in [-0.15, -0.1) is 0 Å². The van der Waals surface area contributed by atoms with E-state index in [0.717, 1.165) is 31.5 Å². The first kappa shape index (κ1) is 20.6. The molecule has 0 spiro atoms. The molecule has 0 aliphatic carbocycles. The van der Waals surface area contributed by atoms with Crippen LogP contribution < -0.4 is 19.7 Å². The molecule has 0 unspecified atom stereocenters. The summed E-state index contributed by atoms with van der Waals surface area (Å²) in [6.07, 6.45) is 6.83. The number of aryl methyl sites for hydroxylation is 1. The lowest BCUT2D eigenvalue weighted by atomic mass is 10.1. The highest BCUT2D eigenvalue weighted by atomic mass is 16.5. The molecule has 0 radical (unpaired) electrons. The molecule has 1 saturated heterocycles. The number of nitrogens with one attached hydrogen (secondary N) is 1. The van der Waals surface area contributed by atoms with Crippen LogP contribution in [0.2, 0.25) is 0 Å². The van der Waals surface area contributed by atoms with Gasteiger partial charge in [0, 0.05) is 25.7 Å². The summed E-state index contributed by atoms with van der Waals surface area (Å²) < 4.78 is 12.3. The Bertz CT molecular complexity index is 1060. The molecule has 0 bridgehead atoms. The van der Waals surface area contributed by atoms with Crippen LogP contribution in [0.5, 0.6) is 11.5 Å². The summed E-state index contributed by atoms with van der Waals surface area (Å²) in [5, 5.41) is 7.33. The van der Waals surface area contributed by atoms with Crippen LogP contribution in [0.3, 0.4) is 0 Å². The Morgan fingerprint density at radius 3 is 2.45 bits per heavy atom. The Kier molecular flexibility index (Phi) is 6.01. The summed E-state index contributed by atoms with van der Waals surface area (Å²) in [5.74, 6) is 1.73. The molecule has 0 saturated carbocycles. The molecule has 0 atom stereocenters. The first-order chi connectivity index (χ1) is 15.1. The van der Waals surface area contributed by atoms with Crippen molar-refractivity contribution in [3.05, 3.63) is 42.4 Å². The number of carbonyl (C=O) groups excluding carboxylic acids is 1. The summed E-state index contributed by atoms with van der Waals surface area (Å²) in [6, 6.07) is 7.17. The molecule has 162 valence electrons. The number of rotatable bonds is 6. The van der Waals surface area contributed by atoms with Crippen molar-refractivity contribution in [2.75, 3.05) is 37.5 Å². The number of hydrogen-bond donors (Lipinski definition) is 1. The molecule has 9 nitrogen and oxygen atoms in total. The van der Waals surface area contributed by atoms with Crippen molar-refractivity contribution < 1.29 is 14.3 Å². The van der Waals surface area contributed by atoms with Gasteiger partial charge in [-0.3, -0.25) is 9.48 Å². The van der Waals surface area contributed by atoms with E-state index in [4.69, 9.17) is 9.47 Å². The van der Waals surface area contributed by atoms with E-state index >= 15 is 0 Å². The molecule has 1 aliphatic heterocycles. The van der Waals surface area contributed by atoms with Gasteiger partial charge < -0.3 is 19.7 Å². The minimum atomic E-state index is -0.294. The van der Waals surface area contributed by atoms with Crippen molar-refractivity contribution in [3.63, 3.8) is 0 Å². The summed E-state index contributed by atoms with van der Waals surface area (Å²) in [5.41, 5.74) is 2.29. The largest absolute Gasteiger partial charge is 0.497 e. The minimum absolute atomic E-state index is 0.294. The summed E-state index contributed by atoms with van der Waals surface area (Å²) in [6.45, 7) is 1.94. The maximum Gasteiger partial charge on any atom is 0.274 e. The SMILES string of the molecule is COc1ccc(OC)c(-c2cc(C(=O)Nc3cnc(N4CCCCC4)nc3)n(C)n2)c1. The molecule has 1 aromatic carbocycles. The second kappa shape index (κ2) is 9.03. The maximum absolute atomic E-state index is 12.8. The van der Waals surface area contributed by atoms with Crippen LogP contribution in [0.4, 0.5) is 11.6 Å². The number of amides is 1. The molecule has 31 heavy (non-hydrogen) atoms. The van der Waals surface area contributed by atoms with Crippen molar-refractivity contribution in [2.24, 2.45) is 7.05 Å². The van der Waals surface area contributed by atoms with E-state index in [1.54, 1.807) is 39.7 Å². The van der Waals surface area contributed by atoms with Crippen LogP contribution in [0.25, 0.3) is 11.3 Å². The standard InChI is InChI=1S/C22H26N6O3/c1-27-19(12-18(26-27)17-11-16(30-2)7-8-20(17)31-3)21(29)25-15-13-23-22(24-14-15)28-9-5-4-6-10-28/h7-8,11-14H,4-6,9-10H2,1-3H3,(H,25,29). The first-order valence-corrected chi connectivity index (χ1v) is 10.2. The van der Waals surface area contributed by atoms with Gasteiger partial charge in [0.05, 0.1) is 38.0 Å². The number of ether oxygens (including phenoxy) is 2. The molecule has 3 heterocycles. The van der Waals surface area contributed by atoms with Crippen molar-refractivity contribution in [3.8, 4) is 22.8 Å². The van der Waals surface area contributed by atoms with E-state index in [2.05, 4.69) is 25.3 Å². The zero-order valence-electron chi connectivity index (χ0n) is 18.0. The van der Waals surface area contributed by atoms with Crippen LogP contribution in [0.1, 0.15) is 29.8 Å². The topological polar surface area (TPSA) is 94.4 Å². The summed E-state index contributed by atoms with van der Waals surface area (Å²) in [4.78, 5) is 23.8. The highest BCUT2D eigenvalue weighted by Crippen LogP contribution is 2.33. The zero-order valence-corrected chi connectivity index (χ0v) is 18.0. The molecule has 9 heteroatoms. The monoisotopic (exact) mass is 422 g/mol. The van der Waals surface area contributed by atoms with E-state index in [1.165, 1.54) is 11.1 Å². The van der Waals surface area contributed by atoms with E-state index < -0.39 is 0 Å². The first-order valence-electron chi connectivity index (χ1n) is 10.2. The second-order valence-electron chi connectivity index (χ2n) is 7.38. The van der Waals surface area contributed by atoms with Crippen LogP contribution in [0.15, 0.2) is 36.7 Å². The normalized spacial score (nSPS) is 13.7. The lowest BCUT2D eigenvalue weighted by Crippen LogP contribution is -2.30. The number of anilines is 2. The predicted octanol–water partition coefficient (Wildman–Crippen LogP) is 3.14. The third kappa shape index (κ3) is 4.45. The third-order valence-electron chi connectivity index (χ3n) is 5.33. The Morgan fingerprint density at radius 1 is 1.03 bits per heavy atom. The Labute approximate surface area is 181 Å². The van der Waals surface area contributed by atoms with Gasteiger partial charge in [-0.2, -0.15) is 5.10 Å². The number of methoxy groups -OCH3 is 2. The fourth-order valence-corrected chi connectivity index (χ4v) is 3.66. The van der Waals surface area contributed by atoms with Gasteiger partial charge in [0.2, 0.25) is 5.95 Å². The van der Waals surface area contributed by atoms with Gasteiger partial charge in [-0.05, 0) is 43.5 Å². The predicted molar refractivity (Wildman–Crippen MR) is 118 cm³/mol. The molecule has 1 fully saturated rings. The van der Waals surface area contributed by atoms with Crippen LogP contribution in [-0.2, 0) is 7.05 Å². The lowest BCUT2D eigenvalue weighted by molar-refractivity contribution is 0.101. The fraction of sp³-hybridized carbons (Fsp3) is 0.364. The number of nitrogens with zero attached hydrogens (tertiary/aromatic N) is 5. The molecule has 2 aromatic heterocycles. The molecule has 3 aromatic rings. The fourth-order valence-electron chi connectivity index (χ4n) is 3.66. The van der Waals surface area contributed by atoms with Gasteiger partial charge in [-0.25, -0.2) is 9.97 Å². The Balaban J connectivity index is 1.52. The quantitative estimate of drug-likeness (QED) is 0.652. The second-order valence-corrected chi connectivity index (χ2v) is 7.38. The maximum atomic E-state index is 12.8. The van der Waals surface area contributed by atoms with E-state index in [9.17, 15) is 4.79 Å². The third-order valence-corrected chi connectivity index (χ3v) is 5.33. The summed E-state index contributed by atoms with van der Waals surface area (Å²) >= 11 is 0. The molecule has 1 N–H and O–H groups in total. The van der Waals surface area contributed by atoms with E-state index in [1.807, 2.05) is 18.2 Å². The van der Waals surface area contributed by atoms with Gasteiger partial charge in [0.25, 0.3) is 5.91 Å². The van der Waals surface area contributed by atoms with E-state index in [-0.39, 0.29) is 5.91 Å². The molecular weight excluding hydrogens is 396 g/mol. The molecule has 1 amide bonds. The molecular formula is C22H26N6O3. The average molecular weight is 422 g/mol. The molecule has 1 aliphatic rings. The van der Waals surface area contributed by atoms with Crippen LogP contribution >= 0.6 is 0 Å². The summed E-state index contributed by atoms with van der Waals surface area (Å²) in [7, 11) is 4.91. The van der Waals surface area contributed by atoms with Crippen molar-refractivity contribution in [2.45, 2.75) is 19.3 Å².